The molecule has 166 valence electrons. The number of aryl methyl sites for hydroxylation is 1. The summed E-state index contributed by atoms with van der Waals surface area (Å²) in [6.45, 7) is 14.1. The monoisotopic (exact) mass is 485 g/mol. The Kier molecular flexibility index (Phi) is 7.29. The lowest BCUT2D eigenvalue weighted by Gasteiger charge is -2.27. The zero-order valence-corrected chi connectivity index (χ0v) is 21.6. The second kappa shape index (κ2) is 10.3. The zero-order chi connectivity index (χ0) is 23.4. The van der Waals surface area contributed by atoms with Gasteiger partial charge in [-0.3, -0.25) is 0 Å². The SMILES string of the molecule is C=C/C=C(\C=C/C)N(C(/C=C\C)=C/C=C)c1ccc(-c2csc3c2sc2cc(C)sc23)cc1. The van der Waals surface area contributed by atoms with Crippen molar-refractivity contribution in [3.8, 4) is 11.1 Å². The predicted molar refractivity (Wildman–Crippen MR) is 154 cm³/mol. The Hall–Kier alpha value is -2.92. The number of anilines is 1. The van der Waals surface area contributed by atoms with Crippen molar-refractivity contribution in [2.24, 2.45) is 0 Å². The van der Waals surface area contributed by atoms with Gasteiger partial charge < -0.3 is 4.90 Å². The molecule has 3 aromatic heterocycles. The standard InChI is InChI=1S/C29H27NS3/c1-6-10-22(11-7-2)30(23(12-8-3)13-9-4)24-16-14-21(15-17-24)25-19-31-29-27(25)33-26-18-20(5)32-28(26)29/h6-19H,1,3H2,2,4-5H3/b11-7-,13-9-,22-10+,23-12+. The first-order valence-corrected chi connectivity index (χ1v) is 13.3. The first kappa shape index (κ1) is 23.2. The number of allylic oxidation sites excluding steroid dienone is 8. The largest absolute Gasteiger partial charge is 0.311 e. The van der Waals surface area contributed by atoms with Crippen molar-refractivity contribution in [2.45, 2.75) is 20.8 Å². The molecule has 1 nitrogen and oxygen atoms in total. The fourth-order valence-electron chi connectivity index (χ4n) is 3.87. The molecule has 0 saturated carbocycles. The maximum absolute atomic E-state index is 3.91. The lowest BCUT2D eigenvalue weighted by molar-refractivity contribution is 1.14. The van der Waals surface area contributed by atoms with Crippen molar-refractivity contribution >= 4 is 58.5 Å². The molecule has 0 spiro atoms. The van der Waals surface area contributed by atoms with E-state index in [1.54, 1.807) is 0 Å². The van der Waals surface area contributed by atoms with Crippen LogP contribution in [-0.4, -0.2) is 0 Å². The molecule has 0 radical (unpaired) electrons. The molecule has 0 bridgehead atoms. The van der Waals surface area contributed by atoms with E-state index in [0.29, 0.717) is 0 Å². The predicted octanol–water partition coefficient (Wildman–Crippen LogP) is 10.3. The molecule has 4 heteroatoms. The van der Waals surface area contributed by atoms with Gasteiger partial charge in [0.15, 0.2) is 0 Å². The van der Waals surface area contributed by atoms with Crippen LogP contribution in [0.4, 0.5) is 5.69 Å². The average molecular weight is 486 g/mol. The molecule has 0 aliphatic carbocycles. The number of fused-ring (bicyclic) bond motifs is 3. The van der Waals surface area contributed by atoms with E-state index in [4.69, 9.17) is 0 Å². The Balaban J connectivity index is 1.79. The highest BCUT2D eigenvalue weighted by atomic mass is 32.1. The van der Waals surface area contributed by atoms with Crippen LogP contribution in [-0.2, 0) is 0 Å². The van der Waals surface area contributed by atoms with Crippen LogP contribution in [0.1, 0.15) is 18.7 Å². The Morgan fingerprint density at radius 1 is 0.848 bits per heavy atom. The van der Waals surface area contributed by atoms with Crippen LogP contribution in [0.2, 0.25) is 0 Å². The van der Waals surface area contributed by atoms with Gasteiger partial charge in [0.2, 0.25) is 0 Å². The fourth-order valence-corrected chi connectivity index (χ4v) is 7.84. The number of benzene rings is 1. The molecule has 0 saturated heterocycles. The quantitative estimate of drug-likeness (QED) is 0.224. The molecule has 4 aromatic rings. The highest BCUT2D eigenvalue weighted by Crippen LogP contribution is 2.47. The number of rotatable bonds is 8. The third-order valence-electron chi connectivity index (χ3n) is 5.19. The van der Waals surface area contributed by atoms with Gasteiger partial charge in [-0.25, -0.2) is 0 Å². The molecule has 0 unspecified atom stereocenters. The molecule has 1 aromatic carbocycles. The van der Waals surface area contributed by atoms with E-state index >= 15 is 0 Å². The Labute approximate surface area is 208 Å². The lowest BCUT2D eigenvalue weighted by Crippen LogP contribution is -2.19. The van der Waals surface area contributed by atoms with Gasteiger partial charge >= 0.3 is 0 Å². The molecule has 0 atom stereocenters. The summed E-state index contributed by atoms with van der Waals surface area (Å²) in [7, 11) is 0. The van der Waals surface area contributed by atoms with Gasteiger partial charge in [-0.1, -0.05) is 49.6 Å². The van der Waals surface area contributed by atoms with Crippen molar-refractivity contribution in [1.82, 2.24) is 0 Å². The van der Waals surface area contributed by atoms with E-state index in [2.05, 4.69) is 72.8 Å². The van der Waals surface area contributed by atoms with Crippen molar-refractivity contribution in [3.05, 3.63) is 114 Å². The minimum atomic E-state index is 1.04. The normalized spacial score (nSPS) is 13.1. The van der Waals surface area contributed by atoms with E-state index < -0.39 is 0 Å². The zero-order valence-electron chi connectivity index (χ0n) is 19.2. The van der Waals surface area contributed by atoms with Crippen LogP contribution in [0.25, 0.3) is 29.9 Å². The number of thiophene rings is 3. The first-order chi connectivity index (χ1) is 16.1. The van der Waals surface area contributed by atoms with Crippen LogP contribution in [0.5, 0.6) is 0 Å². The minimum Gasteiger partial charge on any atom is -0.311 e. The maximum Gasteiger partial charge on any atom is 0.0635 e. The van der Waals surface area contributed by atoms with Crippen LogP contribution in [0.3, 0.4) is 0 Å². The number of hydrogen-bond acceptors (Lipinski definition) is 4. The van der Waals surface area contributed by atoms with Crippen molar-refractivity contribution in [1.29, 1.82) is 0 Å². The van der Waals surface area contributed by atoms with E-state index in [0.717, 1.165) is 17.1 Å². The molecule has 0 amide bonds. The molecule has 4 rings (SSSR count). The topological polar surface area (TPSA) is 3.24 Å². The molecule has 3 heterocycles. The highest BCUT2D eigenvalue weighted by Gasteiger charge is 2.17. The molecular formula is C29H27NS3. The molecule has 33 heavy (non-hydrogen) atoms. The smallest absolute Gasteiger partial charge is 0.0635 e. The van der Waals surface area contributed by atoms with Gasteiger partial charge in [0.05, 0.1) is 14.1 Å². The van der Waals surface area contributed by atoms with Gasteiger partial charge in [-0.15, -0.1) is 34.0 Å². The second-order valence-corrected chi connectivity index (χ2v) is 10.7. The third-order valence-corrected chi connectivity index (χ3v) is 8.81. The fraction of sp³-hybridized carbons (Fsp3) is 0.103. The van der Waals surface area contributed by atoms with Gasteiger partial charge in [-0.05, 0) is 68.8 Å². The summed E-state index contributed by atoms with van der Waals surface area (Å²) in [5, 5.41) is 2.30. The average Bonchev–Trinajstić information content (AvgIpc) is 3.46. The van der Waals surface area contributed by atoms with Crippen molar-refractivity contribution in [2.75, 3.05) is 4.90 Å². The summed E-state index contributed by atoms with van der Waals surface area (Å²) in [4.78, 5) is 3.60. The summed E-state index contributed by atoms with van der Waals surface area (Å²) >= 11 is 5.67. The Morgan fingerprint density at radius 2 is 1.48 bits per heavy atom. The molecule has 0 fully saturated rings. The summed E-state index contributed by atoms with van der Waals surface area (Å²) in [6, 6.07) is 11.2. The van der Waals surface area contributed by atoms with Gasteiger partial charge in [0, 0.05) is 37.6 Å². The van der Waals surface area contributed by atoms with Crippen molar-refractivity contribution in [3.63, 3.8) is 0 Å². The van der Waals surface area contributed by atoms with Crippen LogP contribution >= 0.6 is 34.0 Å². The second-order valence-electron chi connectivity index (χ2n) is 7.50. The van der Waals surface area contributed by atoms with Gasteiger partial charge in [0.25, 0.3) is 0 Å². The van der Waals surface area contributed by atoms with E-state index in [1.165, 1.54) is 34.8 Å². The summed E-state index contributed by atoms with van der Waals surface area (Å²) in [5.74, 6) is 0. The number of hydrogen-bond donors (Lipinski definition) is 0. The molecule has 0 N–H and O–H groups in total. The first-order valence-electron chi connectivity index (χ1n) is 10.8. The van der Waals surface area contributed by atoms with Crippen molar-refractivity contribution < 1.29 is 0 Å². The molecule has 0 aliphatic heterocycles. The molecular weight excluding hydrogens is 459 g/mol. The lowest BCUT2D eigenvalue weighted by atomic mass is 10.1. The maximum atomic E-state index is 3.91. The molecule has 0 aliphatic rings. The summed E-state index contributed by atoms with van der Waals surface area (Å²) in [5.41, 5.74) is 5.74. The van der Waals surface area contributed by atoms with Gasteiger partial charge in [-0.2, -0.15) is 0 Å². The Morgan fingerprint density at radius 3 is 2.06 bits per heavy atom. The van der Waals surface area contributed by atoms with Crippen LogP contribution < -0.4 is 4.90 Å². The number of nitrogens with zero attached hydrogens (tertiary/aromatic N) is 1. The van der Waals surface area contributed by atoms with E-state index in [1.807, 2.05) is 84.3 Å². The third kappa shape index (κ3) is 4.60. The minimum absolute atomic E-state index is 1.04. The highest BCUT2D eigenvalue weighted by molar-refractivity contribution is 7.38. The summed E-state index contributed by atoms with van der Waals surface area (Å²) in [6.07, 6.45) is 16.0. The summed E-state index contributed by atoms with van der Waals surface area (Å²) < 4.78 is 5.65. The van der Waals surface area contributed by atoms with Crippen LogP contribution in [0.15, 0.2) is 109 Å². The van der Waals surface area contributed by atoms with Crippen LogP contribution in [0, 0.1) is 6.92 Å². The Bertz CT molecular complexity index is 1380. The van der Waals surface area contributed by atoms with E-state index in [-0.39, 0.29) is 0 Å². The van der Waals surface area contributed by atoms with E-state index in [9.17, 15) is 0 Å². The van der Waals surface area contributed by atoms with Gasteiger partial charge in [0.1, 0.15) is 0 Å².